The van der Waals surface area contributed by atoms with Crippen molar-refractivity contribution in [3.63, 3.8) is 0 Å². The fourth-order valence-electron chi connectivity index (χ4n) is 5.29. The monoisotopic (exact) mass is 459 g/mol. The molecule has 6 aromatic rings. The smallest absolute Gasteiger partial charge is 0.454 e. The fraction of sp³-hybridized carbons (Fsp3) is 0.200. The van der Waals surface area contributed by atoms with Crippen LogP contribution in [-0.4, -0.2) is 22.9 Å². The van der Waals surface area contributed by atoms with Crippen molar-refractivity contribution in [3.8, 4) is 5.69 Å². The number of fused-ring (bicyclic) bond motifs is 6. The summed E-state index contributed by atoms with van der Waals surface area (Å²) in [6, 6.07) is 29.7. The van der Waals surface area contributed by atoms with Gasteiger partial charge in [-0.25, -0.2) is 0 Å². The summed E-state index contributed by atoms with van der Waals surface area (Å²) in [5, 5.41) is 4.62. The van der Waals surface area contributed by atoms with Crippen molar-refractivity contribution in [2.45, 2.75) is 38.9 Å². The summed E-state index contributed by atoms with van der Waals surface area (Å²) < 4.78 is 21.4. The summed E-state index contributed by atoms with van der Waals surface area (Å²) in [6.07, 6.45) is 0. The predicted octanol–water partition coefficient (Wildman–Crippen LogP) is 6.98. The molecule has 1 aliphatic heterocycles. The van der Waals surface area contributed by atoms with E-state index in [9.17, 15) is 0 Å². The molecule has 0 bridgehead atoms. The number of rotatable bonds is 2. The van der Waals surface area contributed by atoms with Gasteiger partial charge in [0.2, 0.25) is 0 Å². The lowest BCUT2D eigenvalue weighted by molar-refractivity contribution is 0.00578. The Bertz CT molecular complexity index is 1710. The number of aromatic nitrogens is 1. The average molecular weight is 459 g/mol. The SMILES string of the molecule is CC1(C)OB(c2ccc3oc4c(-n5c6ccccc6c6ccccc65)cccc4c3c2)OC1(C)C. The standard InChI is InChI=1S/C30H26BNO3/c1-29(2)30(3,4)35-31(34-29)19-16-17-27-23(18-19)22-12-9-15-26(28(22)33-27)32-24-13-7-5-10-20(24)21-11-6-8-14-25(21)32/h5-18H,1-4H3. The average Bonchev–Trinajstić information content (AvgIpc) is 3.45. The van der Waals surface area contributed by atoms with E-state index in [2.05, 4.69) is 105 Å². The lowest BCUT2D eigenvalue weighted by atomic mass is 9.78. The van der Waals surface area contributed by atoms with Gasteiger partial charge in [-0.15, -0.1) is 0 Å². The van der Waals surface area contributed by atoms with E-state index in [0.29, 0.717) is 0 Å². The zero-order valence-electron chi connectivity index (χ0n) is 20.3. The molecule has 0 radical (unpaired) electrons. The molecular weight excluding hydrogens is 433 g/mol. The normalized spacial score (nSPS) is 17.3. The second kappa shape index (κ2) is 7.00. The maximum absolute atomic E-state index is 6.50. The van der Waals surface area contributed by atoms with Crippen LogP contribution in [0.1, 0.15) is 27.7 Å². The van der Waals surface area contributed by atoms with E-state index >= 15 is 0 Å². The van der Waals surface area contributed by atoms with Crippen LogP contribution >= 0.6 is 0 Å². The van der Waals surface area contributed by atoms with E-state index in [1.165, 1.54) is 21.8 Å². The maximum atomic E-state index is 6.50. The van der Waals surface area contributed by atoms with E-state index in [1.807, 2.05) is 12.1 Å². The summed E-state index contributed by atoms with van der Waals surface area (Å²) in [6.45, 7) is 8.32. The predicted molar refractivity (Wildman–Crippen MR) is 144 cm³/mol. The number of hydrogen-bond donors (Lipinski definition) is 0. The molecule has 1 aliphatic rings. The molecular formula is C30H26BNO3. The third-order valence-electron chi connectivity index (χ3n) is 7.85. The van der Waals surface area contributed by atoms with E-state index in [1.54, 1.807) is 0 Å². The Morgan fingerprint density at radius 3 is 1.89 bits per heavy atom. The largest absolute Gasteiger partial charge is 0.494 e. The number of hydrogen-bond acceptors (Lipinski definition) is 3. The van der Waals surface area contributed by atoms with Gasteiger partial charge in [-0.3, -0.25) is 0 Å². The highest BCUT2D eigenvalue weighted by Crippen LogP contribution is 2.39. The van der Waals surface area contributed by atoms with Crippen molar-refractivity contribution < 1.29 is 13.7 Å². The number of nitrogens with zero attached hydrogens (tertiary/aromatic N) is 1. The molecule has 35 heavy (non-hydrogen) atoms. The lowest BCUT2D eigenvalue weighted by Gasteiger charge is -2.32. The van der Waals surface area contributed by atoms with E-state index in [-0.39, 0.29) is 11.2 Å². The zero-order chi connectivity index (χ0) is 23.9. The first-order chi connectivity index (χ1) is 16.8. The van der Waals surface area contributed by atoms with Crippen LogP contribution < -0.4 is 5.46 Å². The molecule has 0 saturated carbocycles. The molecule has 4 nitrogen and oxygen atoms in total. The Kier molecular flexibility index (Phi) is 4.16. The molecule has 172 valence electrons. The van der Waals surface area contributed by atoms with Gasteiger partial charge >= 0.3 is 7.12 Å². The van der Waals surface area contributed by atoms with Gasteiger partial charge in [0.1, 0.15) is 5.58 Å². The van der Waals surface area contributed by atoms with Gasteiger partial charge in [0.05, 0.1) is 27.9 Å². The van der Waals surface area contributed by atoms with Gasteiger partial charge < -0.3 is 18.3 Å². The second-order valence-corrected chi connectivity index (χ2v) is 10.5. The molecule has 1 fully saturated rings. The van der Waals surface area contributed by atoms with Gasteiger partial charge in [0.25, 0.3) is 0 Å². The molecule has 0 N–H and O–H groups in total. The highest BCUT2D eigenvalue weighted by molar-refractivity contribution is 6.62. The molecule has 0 aliphatic carbocycles. The van der Waals surface area contributed by atoms with Gasteiger partial charge in [0.15, 0.2) is 5.58 Å². The molecule has 1 saturated heterocycles. The summed E-state index contributed by atoms with van der Waals surface area (Å²) in [5.41, 5.74) is 5.34. The quantitative estimate of drug-likeness (QED) is 0.262. The number of furan rings is 1. The Labute approximate surface area is 204 Å². The summed E-state index contributed by atoms with van der Waals surface area (Å²) in [4.78, 5) is 0. The van der Waals surface area contributed by atoms with Crippen LogP contribution in [0.15, 0.2) is 89.3 Å². The van der Waals surface area contributed by atoms with Crippen molar-refractivity contribution in [1.29, 1.82) is 0 Å². The first-order valence-electron chi connectivity index (χ1n) is 12.1. The minimum atomic E-state index is -0.408. The fourth-order valence-corrected chi connectivity index (χ4v) is 5.29. The van der Waals surface area contributed by atoms with E-state index in [4.69, 9.17) is 13.7 Å². The highest BCUT2D eigenvalue weighted by Gasteiger charge is 2.51. The second-order valence-electron chi connectivity index (χ2n) is 10.5. The molecule has 2 aromatic heterocycles. The van der Waals surface area contributed by atoms with Gasteiger partial charge in [-0.05, 0) is 57.4 Å². The summed E-state index contributed by atoms with van der Waals surface area (Å²) >= 11 is 0. The molecule has 0 unspecified atom stereocenters. The first-order valence-corrected chi connectivity index (χ1v) is 12.1. The lowest BCUT2D eigenvalue weighted by Crippen LogP contribution is -2.41. The topological polar surface area (TPSA) is 36.5 Å². The van der Waals surface area contributed by atoms with Crippen LogP contribution in [0.4, 0.5) is 0 Å². The van der Waals surface area contributed by atoms with Crippen LogP contribution in [0.5, 0.6) is 0 Å². The maximum Gasteiger partial charge on any atom is 0.494 e. The van der Waals surface area contributed by atoms with Crippen molar-refractivity contribution >= 4 is 56.3 Å². The molecule has 0 amide bonds. The summed E-state index contributed by atoms with van der Waals surface area (Å²) in [7, 11) is -0.408. The third-order valence-corrected chi connectivity index (χ3v) is 7.85. The Morgan fingerprint density at radius 1 is 0.629 bits per heavy atom. The Morgan fingerprint density at radius 2 is 1.23 bits per heavy atom. The van der Waals surface area contributed by atoms with Crippen molar-refractivity contribution in [2.75, 3.05) is 0 Å². The van der Waals surface area contributed by atoms with Crippen LogP contribution in [0.3, 0.4) is 0 Å². The van der Waals surface area contributed by atoms with Gasteiger partial charge in [-0.2, -0.15) is 0 Å². The summed E-state index contributed by atoms with van der Waals surface area (Å²) in [5.74, 6) is 0. The zero-order valence-corrected chi connectivity index (χ0v) is 20.3. The molecule has 3 heterocycles. The van der Waals surface area contributed by atoms with Crippen molar-refractivity contribution in [3.05, 3.63) is 84.9 Å². The van der Waals surface area contributed by atoms with Crippen LogP contribution in [0, 0.1) is 0 Å². The Balaban J connectivity index is 1.45. The van der Waals surface area contributed by atoms with Gasteiger partial charge in [-0.1, -0.05) is 60.7 Å². The van der Waals surface area contributed by atoms with Gasteiger partial charge in [0, 0.05) is 21.5 Å². The molecule has 0 spiro atoms. The Hall–Kier alpha value is -3.54. The van der Waals surface area contributed by atoms with Crippen LogP contribution in [-0.2, 0) is 9.31 Å². The van der Waals surface area contributed by atoms with E-state index in [0.717, 1.165) is 33.1 Å². The van der Waals surface area contributed by atoms with Crippen LogP contribution in [0.2, 0.25) is 0 Å². The van der Waals surface area contributed by atoms with Crippen LogP contribution in [0.25, 0.3) is 49.4 Å². The van der Waals surface area contributed by atoms with Crippen molar-refractivity contribution in [1.82, 2.24) is 4.57 Å². The third kappa shape index (κ3) is 2.89. The van der Waals surface area contributed by atoms with Crippen molar-refractivity contribution in [2.24, 2.45) is 0 Å². The number of benzene rings is 4. The number of para-hydroxylation sites is 3. The molecule has 5 heteroatoms. The first kappa shape index (κ1) is 20.8. The van der Waals surface area contributed by atoms with E-state index < -0.39 is 7.12 Å². The minimum absolute atomic E-state index is 0.380. The molecule has 4 aromatic carbocycles. The minimum Gasteiger partial charge on any atom is -0.454 e. The highest BCUT2D eigenvalue weighted by atomic mass is 16.7. The molecule has 0 atom stereocenters. The molecule has 7 rings (SSSR count).